The molecule has 0 spiro atoms. The third kappa shape index (κ3) is 2.62. The zero-order valence-electron chi connectivity index (χ0n) is 7.46. The van der Waals surface area contributed by atoms with Gasteiger partial charge in [-0.05, 0) is 14.0 Å². The van der Waals surface area contributed by atoms with E-state index in [-0.39, 0.29) is 24.2 Å². The number of likely N-dealkylation sites (N-methyl/N-ethyl adjacent to an activating group) is 1. The molecule has 1 amide bonds. The van der Waals surface area contributed by atoms with Crippen LogP contribution in [0.4, 0.5) is 0 Å². The van der Waals surface area contributed by atoms with Crippen LogP contribution in [-0.2, 0) is 9.59 Å². The smallest absolute Gasteiger partial charge is 0.227 e. The number of carbonyl (C=O) groups is 2. The number of nitrogens with zero attached hydrogens (tertiary/aromatic N) is 1. The molecule has 1 rings (SSSR count). The summed E-state index contributed by atoms with van der Waals surface area (Å²) in [6.07, 6.45) is 0.0141. The predicted octanol–water partition coefficient (Wildman–Crippen LogP) is -0.604. The van der Waals surface area contributed by atoms with Crippen LogP contribution in [0, 0.1) is 0 Å². The van der Waals surface area contributed by atoms with Gasteiger partial charge in [0.1, 0.15) is 5.78 Å². The summed E-state index contributed by atoms with van der Waals surface area (Å²) in [5, 5.41) is 2.78. The summed E-state index contributed by atoms with van der Waals surface area (Å²) >= 11 is 0. The van der Waals surface area contributed by atoms with E-state index in [0.717, 1.165) is 13.1 Å². The zero-order chi connectivity index (χ0) is 9.14. The van der Waals surface area contributed by atoms with Crippen LogP contribution in [0.15, 0.2) is 0 Å². The highest BCUT2D eigenvalue weighted by molar-refractivity contribution is 5.96. The van der Waals surface area contributed by atoms with Crippen LogP contribution in [0.3, 0.4) is 0 Å². The minimum atomic E-state index is -0.152. The molecule has 68 valence electrons. The lowest BCUT2D eigenvalue weighted by Gasteiger charge is -2.36. The minimum absolute atomic E-state index is 0.0141. The third-order valence-electron chi connectivity index (χ3n) is 1.84. The number of hydrogen-bond acceptors (Lipinski definition) is 3. The highest BCUT2D eigenvalue weighted by Gasteiger charge is 2.24. The number of Topliss-reactive ketones (excluding diaryl/α,β-unsaturated/α-hetero) is 1. The molecule has 1 aliphatic rings. The van der Waals surface area contributed by atoms with Crippen LogP contribution in [-0.4, -0.2) is 42.8 Å². The van der Waals surface area contributed by atoms with Gasteiger partial charge in [-0.3, -0.25) is 9.59 Å². The Morgan fingerprint density at radius 3 is 2.50 bits per heavy atom. The summed E-state index contributed by atoms with van der Waals surface area (Å²) in [7, 11) is 1.99. The van der Waals surface area contributed by atoms with Crippen molar-refractivity contribution in [1.82, 2.24) is 10.2 Å². The van der Waals surface area contributed by atoms with E-state index in [4.69, 9.17) is 0 Å². The summed E-state index contributed by atoms with van der Waals surface area (Å²) in [6, 6.07) is 0.252. The second-order valence-electron chi connectivity index (χ2n) is 3.36. The Bertz CT molecular complexity index is 197. The van der Waals surface area contributed by atoms with E-state index in [2.05, 4.69) is 10.2 Å². The van der Waals surface area contributed by atoms with Crippen molar-refractivity contribution < 1.29 is 9.59 Å². The van der Waals surface area contributed by atoms with Crippen molar-refractivity contribution >= 4 is 11.7 Å². The van der Waals surface area contributed by atoms with Gasteiger partial charge < -0.3 is 10.2 Å². The van der Waals surface area contributed by atoms with E-state index in [0.29, 0.717) is 0 Å². The number of nitrogens with one attached hydrogen (secondary N) is 1. The van der Waals surface area contributed by atoms with E-state index in [1.165, 1.54) is 6.92 Å². The molecule has 0 saturated carbocycles. The molecule has 1 saturated heterocycles. The molecule has 0 aromatic rings. The Hall–Kier alpha value is -0.900. The van der Waals surface area contributed by atoms with E-state index in [1.54, 1.807) is 0 Å². The number of amides is 1. The summed E-state index contributed by atoms with van der Waals surface area (Å²) in [6.45, 7) is 3.21. The fraction of sp³-hybridized carbons (Fsp3) is 0.750. The lowest BCUT2D eigenvalue weighted by molar-refractivity contribution is -0.128. The van der Waals surface area contributed by atoms with Gasteiger partial charge in [0, 0.05) is 13.1 Å². The molecule has 0 bridgehead atoms. The number of likely N-dealkylation sites (tertiary alicyclic amines) is 1. The van der Waals surface area contributed by atoms with Gasteiger partial charge in [-0.25, -0.2) is 0 Å². The van der Waals surface area contributed by atoms with E-state index in [9.17, 15) is 9.59 Å². The van der Waals surface area contributed by atoms with E-state index < -0.39 is 0 Å². The molecule has 0 unspecified atom stereocenters. The largest absolute Gasteiger partial charge is 0.350 e. The van der Waals surface area contributed by atoms with Gasteiger partial charge in [0.05, 0.1) is 12.5 Å². The summed E-state index contributed by atoms with van der Waals surface area (Å²) in [5.41, 5.74) is 0. The molecule has 0 aromatic carbocycles. The topological polar surface area (TPSA) is 49.4 Å². The van der Waals surface area contributed by atoms with E-state index >= 15 is 0 Å². The van der Waals surface area contributed by atoms with Crippen molar-refractivity contribution in [3.05, 3.63) is 0 Å². The SMILES string of the molecule is CC(=O)CC(=O)NC1CN(C)C1. The summed E-state index contributed by atoms with van der Waals surface area (Å²) in [4.78, 5) is 23.7. The molecular formula is C8H14N2O2. The molecular weight excluding hydrogens is 156 g/mol. The molecule has 1 N–H and O–H groups in total. The fourth-order valence-electron chi connectivity index (χ4n) is 1.30. The maximum atomic E-state index is 11.0. The van der Waals surface area contributed by atoms with Gasteiger partial charge in [-0.2, -0.15) is 0 Å². The normalized spacial score (nSPS) is 18.5. The second kappa shape index (κ2) is 3.67. The van der Waals surface area contributed by atoms with Gasteiger partial charge in [0.2, 0.25) is 5.91 Å². The van der Waals surface area contributed by atoms with Gasteiger partial charge >= 0.3 is 0 Å². The van der Waals surface area contributed by atoms with Crippen molar-refractivity contribution in [1.29, 1.82) is 0 Å². The minimum Gasteiger partial charge on any atom is -0.350 e. The Labute approximate surface area is 71.9 Å². The number of rotatable bonds is 3. The molecule has 0 aliphatic carbocycles. The average molecular weight is 170 g/mol. The lowest BCUT2D eigenvalue weighted by atomic mass is 10.1. The molecule has 12 heavy (non-hydrogen) atoms. The molecule has 1 fully saturated rings. The van der Waals surface area contributed by atoms with Gasteiger partial charge in [0.15, 0.2) is 0 Å². The van der Waals surface area contributed by atoms with Crippen molar-refractivity contribution in [2.45, 2.75) is 19.4 Å². The molecule has 4 heteroatoms. The third-order valence-corrected chi connectivity index (χ3v) is 1.84. The Morgan fingerprint density at radius 1 is 1.50 bits per heavy atom. The highest BCUT2D eigenvalue weighted by Crippen LogP contribution is 2.03. The van der Waals surface area contributed by atoms with Crippen LogP contribution in [0.1, 0.15) is 13.3 Å². The van der Waals surface area contributed by atoms with Crippen molar-refractivity contribution in [3.8, 4) is 0 Å². The molecule has 4 nitrogen and oxygen atoms in total. The standard InChI is InChI=1S/C8H14N2O2/c1-6(11)3-8(12)9-7-4-10(2)5-7/h7H,3-5H2,1-2H3,(H,9,12). The Balaban J connectivity index is 2.15. The van der Waals surface area contributed by atoms with Crippen LogP contribution >= 0.6 is 0 Å². The second-order valence-corrected chi connectivity index (χ2v) is 3.36. The first-order valence-electron chi connectivity index (χ1n) is 4.05. The first-order chi connectivity index (χ1) is 5.58. The number of ketones is 1. The highest BCUT2D eigenvalue weighted by atomic mass is 16.2. The molecule has 1 aliphatic heterocycles. The van der Waals surface area contributed by atoms with Gasteiger partial charge in [-0.15, -0.1) is 0 Å². The van der Waals surface area contributed by atoms with Crippen molar-refractivity contribution in [3.63, 3.8) is 0 Å². The average Bonchev–Trinajstić information content (AvgIpc) is 1.82. The monoisotopic (exact) mass is 170 g/mol. The quantitative estimate of drug-likeness (QED) is 0.575. The first kappa shape index (κ1) is 9.19. The van der Waals surface area contributed by atoms with Crippen LogP contribution in [0.5, 0.6) is 0 Å². The van der Waals surface area contributed by atoms with Gasteiger partial charge in [-0.1, -0.05) is 0 Å². The van der Waals surface area contributed by atoms with Crippen LogP contribution < -0.4 is 5.32 Å². The van der Waals surface area contributed by atoms with Gasteiger partial charge in [0.25, 0.3) is 0 Å². The maximum absolute atomic E-state index is 11.0. The summed E-state index contributed by atoms with van der Waals surface area (Å²) in [5.74, 6) is -0.235. The lowest BCUT2D eigenvalue weighted by Crippen LogP contribution is -2.57. The Kier molecular flexibility index (Phi) is 2.81. The van der Waals surface area contributed by atoms with Crippen LogP contribution in [0.25, 0.3) is 0 Å². The predicted molar refractivity (Wildman–Crippen MR) is 44.7 cm³/mol. The molecule has 0 aromatic heterocycles. The molecule has 1 heterocycles. The number of hydrogen-bond donors (Lipinski definition) is 1. The first-order valence-corrected chi connectivity index (χ1v) is 4.05. The number of carbonyl (C=O) groups excluding carboxylic acids is 2. The Morgan fingerprint density at radius 2 is 2.08 bits per heavy atom. The van der Waals surface area contributed by atoms with Crippen molar-refractivity contribution in [2.24, 2.45) is 0 Å². The molecule has 0 atom stereocenters. The zero-order valence-corrected chi connectivity index (χ0v) is 7.46. The molecule has 0 radical (unpaired) electrons. The maximum Gasteiger partial charge on any atom is 0.227 e. The van der Waals surface area contributed by atoms with Crippen LogP contribution in [0.2, 0.25) is 0 Å². The summed E-state index contributed by atoms with van der Waals surface area (Å²) < 4.78 is 0. The van der Waals surface area contributed by atoms with E-state index in [1.807, 2.05) is 7.05 Å². The fourth-order valence-corrected chi connectivity index (χ4v) is 1.30. The van der Waals surface area contributed by atoms with Crippen molar-refractivity contribution in [2.75, 3.05) is 20.1 Å².